The van der Waals surface area contributed by atoms with Crippen LogP contribution in [-0.4, -0.2) is 23.1 Å². The van der Waals surface area contributed by atoms with Gasteiger partial charge < -0.3 is 9.15 Å². The summed E-state index contributed by atoms with van der Waals surface area (Å²) < 4.78 is 11.3. The maximum absolute atomic E-state index is 6.34. The molecule has 0 aliphatic carbocycles. The molecule has 3 rings (SSSR count). The quantitative estimate of drug-likeness (QED) is 0.793. The normalized spacial score (nSPS) is 21.5. The number of hydrogen-bond donors (Lipinski definition) is 0. The van der Waals surface area contributed by atoms with Crippen LogP contribution in [0.1, 0.15) is 25.2 Å². The molecule has 18 heavy (non-hydrogen) atoms. The van der Waals surface area contributed by atoms with Gasteiger partial charge in [0.2, 0.25) is 0 Å². The Kier molecular flexibility index (Phi) is 3.52. The average Bonchev–Trinajstić information content (AvgIpc) is 2.96. The largest absolute Gasteiger partial charge is 0.441 e. The third kappa shape index (κ3) is 2.68. The van der Waals surface area contributed by atoms with Gasteiger partial charge in [0.25, 0.3) is 0 Å². The molecule has 1 aromatic heterocycles. The van der Waals surface area contributed by atoms with Crippen molar-refractivity contribution in [3.05, 3.63) is 30.2 Å². The highest BCUT2D eigenvalue weighted by atomic mass is 35.5. The van der Waals surface area contributed by atoms with Gasteiger partial charge in [-0.2, -0.15) is 0 Å². The van der Waals surface area contributed by atoms with Crippen LogP contribution in [0.4, 0.5) is 0 Å². The van der Waals surface area contributed by atoms with E-state index in [9.17, 15) is 0 Å². The molecular formula is C14H16ClNO2. The van der Waals surface area contributed by atoms with Crippen molar-refractivity contribution in [3.63, 3.8) is 0 Å². The number of nitrogens with zero attached hydrogens (tertiary/aromatic N) is 1. The number of oxazole rings is 1. The Morgan fingerprint density at radius 1 is 1.39 bits per heavy atom. The topological polar surface area (TPSA) is 35.3 Å². The molecule has 1 fully saturated rings. The van der Waals surface area contributed by atoms with Crippen LogP contribution >= 0.6 is 11.6 Å². The van der Waals surface area contributed by atoms with Crippen molar-refractivity contribution in [2.24, 2.45) is 0 Å². The number of hydrogen-bond acceptors (Lipinski definition) is 3. The van der Waals surface area contributed by atoms with E-state index in [4.69, 9.17) is 20.8 Å². The SMILES string of the molecule is ClC(Cc1nc2ccccc2o1)CC1CCCO1. The molecular weight excluding hydrogens is 250 g/mol. The number of aromatic nitrogens is 1. The van der Waals surface area contributed by atoms with Gasteiger partial charge in [-0.25, -0.2) is 4.98 Å². The number of halogens is 1. The highest BCUT2D eigenvalue weighted by Crippen LogP contribution is 2.23. The minimum absolute atomic E-state index is 0.0289. The molecule has 3 nitrogen and oxygen atoms in total. The number of rotatable bonds is 4. The second-order valence-corrected chi connectivity index (χ2v) is 5.36. The van der Waals surface area contributed by atoms with Crippen LogP contribution in [0.2, 0.25) is 0 Å². The fraction of sp³-hybridized carbons (Fsp3) is 0.500. The van der Waals surface area contributed by atoms with Gasteiger partial charge >= 0.3 is 0 Å². The Morgan fingerprint density at radius 3 is 3.06 bits per heavy atom. The van der Waals surface area contributed by atoms with Gasteiger partial charge in [0.15, 0.2) is 11.5 Å². The molecule has 4 heteroatoms. The molecule has 96 valence electrons. The van der Waals surface area contributed by atoms with E-state index in [0.717, 1.165) is 37.0 Å². The van der Waals surface area contributed by atoms with Crippen LogP contribution in [0.5, 0.6) is 0 Å². The second kappa shape index (κ2) is 5.29. The average molecular weight is 266 g/mol. The smallest absolute Gasteiger partial charge is 0.196 e. The van der Waals surface area contributed by atoms with Crippen molar-refractivity contribution >= 4 is 22.7 Å². The molecule has 2 unspecified atom stereocenters. The van der Waals surface area contributed by atoms with E-state index in [1.807, 2.05) is 24.3 Å². The molecule has 1 aliphatic heterocycles. The molecule has 0 bridgehead atoms. The van der Waals surface area contributed by atoms with Crippen LogP contribution in [0.25, 0.3) is 11.1 Å². The molecule has 0 N–H and O–H groups in total. The van der Waals surface area contributed by atoms with Crippen molar-refractivity contribution in [2.75, 3.05) is 6.61 Å². The monoisotopic (exact) mass is 265 g/mol. The molecule has 2 atom stereocenters. The fourth-order valence-electron chi connectivity index (χ4n) is 2.40. The van der Waals surface area contributed by atoms with Crippen molar-refractivity contribution in [1.82, 2.24) is 4.98 Å². The Labute approximate surface area is 111 Å². The number of alkyl halides is 1. The molecule has 1 saturated heterocycles. The summed E-state index contributed by atoms with van der Waals surface area (Å²) in [5.74, 6) is 0.717. The van der Waals surface area contributed by atoms with Gasteiger partial charge in [-0.15, -0.1) is 11.6 Å². The zero-order chi connectivity index (χ0) is 12.4. The van der Waals surface area contributed by atoms with Crippen LogP contribution in [0.15, 0.2) is 28.7 Å². The third-order valence-electron chi connectivity index (χ3n) is 3.28. The van der Waals surface area contributed by atoms with E-state index in [1.54, 1.807) is 0 Å². The number of para-hydroxylation sites is 2. The van der Waals surface area contributed by atoms with E-state index >= 15 is 0 Å². The lowest BCUT2D eigenvalue weighted by Crippen LogP contribution is -2.14. The van der Waals surface area contributed by atoms with E-state index in [2.05, 4.69) is 4.98 Å². The minimum atomic E-state index is 0.0289. The van der Waals surface area contributed by atoms with Crippen molar-refractivity contribution in [1.29, 1.82) is 0 Å². The highest BCUT2D eigenvalue weighted by Gasteiger charge is 2.21. The van der Waals surface area contributed by atoms with Crippen LogP contribution in [0, 0.1) is 0 Å². The number of benzene rings is 1. The van der Waals surface area contributed by atoms with E-state index in [1.165, 1.54) is 0 Å². The maximum Gasteiger partial charge on any atom is 0.196 e. The zero-order valence-corrected chi connectivity index (χ0v) is 10.9. The van der Waals surface area contributed by atoms with E-state index in [0.29, 0.717) is 18.4 Å². The summed E-state index contributed by atoms with van der Waals surface area (Å²) in [5, 5.41) is 0.0289. The van der Waals surface area contributed by atoms with Gasteiger partial charge in [-0.3, -0.25) is 0 Å². The van der Waals surface area contributed by atoms with Crippen LogP contribution in [0.3, 0.4) is 0 Å². The Morgan fingerprint density at radius 2 is 2.28 bits per heavy atom. The van der Waals surface area contributed by atoms with Crippen LogP contribution in [-0.2, 0) is 11.2 Å². The lowest BCUT2D eigenvalue weighted by atomic mass is 10.1. The Bertz CT molecular complexity index is 486. The van der Waals surface area contributed by atoms with Gasteiger partial charge in [-0.05, 0) is 31.4 Å². The first-order valence-corrected chi connectivity index (χ1v) is 6.85. The van der Waals surface area contributed by atoms with Crippen molar-refractivity contribution in [2.45, 2.75) is 37.2 Å². The summed E-state index contributed by atoms with van der Waals surface area (Å²) in [7, 11) is 0. The summed E-state index contributed by atoms with van der Waals surface area (Å²) in [6.07, 6.45) is 4.13. The standard InChI is InChI=1S/C14H16ClNO2/c15-10(8-11-4-3-7-17-11)9-14-16-12-5-1-2-6-13(12)18-14/h1-2,5-6,10-11H,3-4,7-9H2. The summed E-state index contributed by atoms with van der Waals surface area (Å²) in [4.78, 5) is 4.44. The summed E-state index contributed by atoms with van der Waals surface area (Å²) in [5.41, 5.74) is 1.72. The van der Waals surface area contributed by atoms with Gasteiger partial charge in [-0.1, -0.05) is 12.1 Å². The molecule has 0 amide bonds. The zero-order valence-electron chi connectivity index (χ0n) is 10.1. The van der Waals surface area contributed by atoms with Crippen molar-refractivity contribution < 1.29 is 9.15 Å². The molecule has 2 aromatic rings. The predicted octanol–water partition coefficient (Wildman–Crippen LogP) is 3.55. The van der Waals surface area contributed by atoms with E-state index < -0.39 is 0 Å². The summed E-state index contributed by atoms with van der Waals surface area (Å²) in [6, 6.07) is 7.78. The first-order valence-electron chi connectivity index (χ1n) is 6.41. The van der Waals surface area contributed by atoms with Crippen molar-refractivity contribution in [3.8, 4) is 0 Å². The summed E-state index contributed by atoms with van der Waals surface area (Å²) in [6.45, 7) is 0.872. The second-order valence-electron chi connectivity index (χ2n) is 4.75. The molecule has 0 radical (unpaired) electrons. The minimum Gasteiger partial charge on any atom is -0.441 e. The fourth-order valence-corrected chi connectivity index (χ4v) is 2.73. The molecule has 2 heterocycles. The highest BCUT2D eigenvalue weighted by molar-refractivity contribution is 6.20. The van der Waals surface area contributed by atoms with E-state index in [-0.39, 0.29) is 5.38 Å². The Balaban J connectivity index is 1.64. The number of fused-ring (bicyclic) bond motifs is 1. The molecule has 0 spiro atoms. The first-order chi connectivity index (χ1) is 8.81. The molecule has 1 aliphatic rings. The maximum atomic E-state index is 6.34. The van der Waals surface area contributed by atoms with Gasteiger partial charge in [0.1, 0.15) is 5.52 Å². The number of ether oxygens (including phenoxy) is 1. The Hall–Kier alpha value is -1.06. The lowest BCUT2D eigenvalue weighted by molar-refractivity contribution is 0.103. The predicted molar refractivity (Wildman–Crippen MR) is 70.9 cm³/mol. The summed E-state index contributed by atoms with van der Waals surface area (Å²) >= 11 is 6.34. The van der Waals surface area contributed by atoms with Gasteiger partial charge in [0.05, 0.1) is 6.10 Å². The third-order valence-corrected chi connectivity index (χ3v) is 3.61. The van der Waals surface area contributed by atoms with Crippen LogP contribution < -0.4 is 0 Å². The molecule has 1 aromatic carbocycles. The lowest BCUT2D eigenvalue weighted by Gasteiger charge is -2.12. The first kappa shape index (κ1) is 12.0. The van der Waals surface area contributed by atoms with Gasteiger partial charge in [0, 0.05) is 18.4 Å². The molecule has 0 saturated carbocycles.